The molecule has 0 bridgehead atoms. The topological polar surface area (TPSA) is 81.0 Å². The zero-order valence-electron chi connectivity index (χ0n) is 21.9. The van der Waals surface area contributed by atoms with Crippen molar-refractivity contribution in [1.82, 2.24) is 9.55 Å². The number of carbonyl (C=O) groups is 1. The minimum Gasteiger partial charge on any atom is -0.462 e. The first-order chi connectivity index (χ1) is 16.6. The summed E-state index contributed by atoms with van der Waals surface area (Å²) in [5.41, 5.74) is 3.86. The normalized spacial score (nSPS) is 17.3. The van der Waals surface area contributed by atoms with Crippen LogP contribution in [-0.4, -0.2) is 49.2 Å². The molecule has 0 saturated carbocycles. The van der Waals surface area contributed by atoms with Gasteiger partial charge in [-0.05, 0) is 40.2 Å². The van der Waals surface area contributed by atoms with Crippen molar-refractivity contribution in [2.24, 2.45) is 7.05 Å². The second kappa shape index (κ2) is 10.8. The Labute approximate surface area is 207 Å². The Kier molecular flexibility index (Phi) is 8.20. The number of hydrogen-bond acceptors (Lipinski definition) is 7. The third-order valence-electron chi connectivity index (χ3n) is 6.45. The van der Waals surface area contributed by atoms with E-state index < -0.39 is 11.6 Å². The third-order valence-corrected chi connectivity index (χ3v) is 6.45. The molecule has 0 saturated heterocycles. The second-order valence-electron chi connectivity index (χ2n) is 8.77. The molecule has 0 fully saturated rings. The predicted octanol–water partition coefficient (Wildman–Crippen LogP) is 4.90. The van der Waals surface area contributed by atoms with E-state index >= 15 is 0 Å². The Morgan fingerprint density at radius 2 is 1.83 bits per heavy atom. The van der Waals surface area contributed by atoms with E-state index in [1.807, 2.05) is 68.8 Å². The van der Waals surface area contributed by atoms with Crippen LogP contribution >= 0.6 is 0 Å². The number of aromatic nitrogens is 2. The number of nitrogens with zero attached hydrogens (tertiary/aromatic N) is 2. The zero-order chi connectivity index (χ0) is 25.8. The lowest BCUT2D eigenvalue weighted by molar-refractivity contribution is -0.183. The summed E-state index contributed by atoms with van der Waals surface area (Å²) in [5, 5.41) is 0. The fourth-order valence-corrected chi connectivity index (χ4v) is 3.94. The Morgan fingerprint density at radius 1 is 1.17 bits per heavy atom. The van der Waals surface area contributed by atoms with Crippen molar-refractivity contribution < 1.29 is 28.5 Å². The molecule has 0 aliphatic carbocycles. The Bertz CT molecular complexity index is 1170. The Hall–Kier alpha value is -2.94. The lowest BCUT2D eigenvalue weighted by atomic mass is 9.91. The number of carbonyl (C=O) groups excluding carboxylic acids is 1. The average molecular weight is 485 g/mol. The van der Waals surface area contributed by atoms with E-state index in [0.717, 1.165) is 28.0 Å². The first-order valence-corrected chi connectivity index (χ1v) is 11.7. The molecule has 2 heterocycles. The molecule has 0 radical (unpaired) electrons. The second-order valence-corrected chi connectivity index (χ2v) is 8.77. The largest absolute Gasteiger partial charge is 0.462 e. The van der Waals surface area contributed by atoms with E-state index in [1.165, 1.54) is 0 Å². The molecule has 4 rings (SSSR count). The SMILES string of the molecule is CCOC(=O)c1cc2c(nc(C)n2C)c2c1CCC(OC)(c1ccccc1)O2.COC(C)(C)OC. The van der Waals surface area contributed by atoms with E-state index in [-0.39, 0.29) is 5.97 Å². The van der Waals surface area contributed by atoms with Crippen LogP contribution in [0.5, 0.6) is 5.75 Å². The van der Waals surface area contributed by atoms with Gasteiger partial charge in [-0.25, -0.2) is 9.78 Å². The van der Waals surface area contributed by atoms with Gasteiger partial charge < -0.3 is 28.3 Å². The van der Waals surface area contributed by atoms with Crippen molar-refractivity contribution in [2.75, 3.05) is 27.9 Å². The number of ether oxygens (including phenoxy) is 5. The summed E-state index contributed by atoms with van der Waals surface area (Å²) in [6.07, 6.45) is 1.21. The average Bonchev–Trinajstić information content (AvgIpc) is 3.17. The van der Waals surface area contributed by atoms with Gasteiger partial charge in [-0.2, -0.15) is 0 Å². The van der Waals surface area contributed by atoms with Crippen molar-refractivity contribution in [3.63, 3.8) is 0 Å². The first-order valence-electron chi connectivity index (χ1n) is 11.7. The smallest absolute Gasteiger partial charge is 0.338 e. The zero-order valence-corrected chi connectivity index (χ0v) is 21.9. The number of aryl methyl sites for hydroxylation is 2. The molecule has 8 nitrogen and oxygen atoms in total. The highest BCUT2D eigenvalue weighted by Crippen LogP contribution is 2.45. The van der Waals surface area contributed by atoms with Crippen molar-refractivity contribution in [3.8, 4) is 5.75 Å². The maximum atomic E-state index is 12.6. The molecule has 3 aromatic rings. The van der Waals surface area contributed by atoms with Crippen LogP contribution in [0.1, 0.15) is 54.5 Å². The van der Waals surface area contributed by atoms with Crippen LogP contribution in [0.15, 0.2) is 36.4 Å². The number of imidazole rings is 1. The molecule has 0 spiro atoms. The highest BCUT2D eigenvalue weighted by atomic mass is 16.7. The van der Waals surface area contributed by atoms with Crippen LogP contribution < -0.4 is 4.74 Å². The monoisotopic (exact) mass is 484 g/mol. The molecule has 1 aliphatic heterocycles. The van der Waals surface area contributed by atoms with Gasteiger partial charge in [0.2, 0.25) is 5.79 Å². The molecule has 2 aromatic carbocycles. The van der Waals surface area contributed by atoms with Gasteiger partial charge in [-0.15, -0.1) is 0 Å². The van der Waals surface area contributed by atoms with Crippen LogP contribution in [0.3, 0.4) is 0 Å². The van der Waals surface area contributed by atoms with Gasteiger partial charge in [0.1, 0.15) is 11.3 Å². The summed E-state index contributed by atoms with van der Waals surface area (Å²) in [7, 11) is 6.80. The van der Waals surface area contributed by atoms with Gasteiger partial charge in [0.15, 0.2) is 11.5 Å². The van der Waals surface area contributed by atoms with Crippen molar-refractivity contribution in [1.29, 1.82) is 0 Å². The molecule has 1 aliphatic rings. The quantitative estimate of drug-likeness (QED) is 0.364. The highest BCUT2D eigenvalue weighted by molar-refractivity contribution is 5.99. The Morgan fingerprint density at radius 3 is 2.37 bits per heavy atom. The minimum atomic E-state index is -0.917. The molecular weight excluding hydrogens is 448 g/mol. The standard InChI is InChI=1S/C22H24N2O4.C5H12O2/c1-5-27-21(25)17-13-18-19(23-14(2)24(18)3)20-16(17)11-12-22(26-4,28-20)15-9-7-6-8-10-15;1-5(2,6-3)7-4/h6-10,13H,5,11-12H2,1-4H3;1-4H3. The number of methoxy groups -OCH3 is 3. The molecule has 0 N–H and O–H groups in total. The molecule has 35 heavy (non-hydrogen) atoms. The minimum absolute atomic E-state index is 0.322. The predicted molar refractivity (Wildman–Crippen MR) is 134 cm³/mol. The van der Waals surface area contributed by atoms with Crippen LogP contribution in [0, 0.1) is 6.92 Å². The summed E-state index contributed by atoms with van der Waals surface area (Å²) < 4.78 is 29.4. The first kappa shape index (κ1) is 26.7. The summed E-state index contributed by atoms with van der Waals surface area (Å²) in [6, 6.07) is 11.7. The van der Waals surface area contributed by atoms with Crippen LogP contribution in [0.2, 0.25) is 0 Å². The van der Waals surface area contributed by atoms with E-state index in [9.17, 15) is 4.79 Å². The summed E-state index contributed by atoms with van der Waals surface area (Å²) >= 11 is 0. The van der Waals surface area contributed by atoms with E-state index in [4.69, 9.17) is 28.7 Å². The molecule has 1 unspecified atom stereocenters. The van der Waals surface area contributed by atoms with Crippen LogP contribution in [0.25, 0.3) is 11.0 Å². The maximum Gasteiger partial charge on any atom is 0.338 e. The van der Waals surface area contributed by atoms with Gasteiger partial charge >= 0.3 is 5.97 Å². The molecule has 1 aromatic heterocycles. The molecule has 0 amide bonds. The van der Waals surface area contributed by atoms with Gasteiger partial charge in [-0.3, -0.25) is 0 Å². The van der Waals surface area contributed by atoms with Crippen molar-refractivity contribution >= 4 is 17.0 Å². The van der Waals surface area contributed by atoms with E-state index in [1.54, 1.807) is 28.3 Å². The van der Waals surface area contributed by atoms with Gasteiger partial charge in [0.05, 0.1) is 17.7 Å². The highest BCUT2D eigenvalue weighted by Gasteiger charge is 2.41. The van der Waals surface area contributed by atoms with E-state index in [2.05, 4.69) is 0 Å². The van der Waals surface area contributed by atoms with Crippen molar-refractivity contribution in [3.05, 3.63) is 58.9 Å². The molecule has 8 heteroatoms. The fraction of sp³-hybridized carbons (Fsp3) is 0.481. The molecule has 1 atom stereocenters. The lowest BCUT2D eigenvalue weighted by Crippen LogP contribution is -2.39. The molecule has 190 valence electrons. The lowest BCUT2D eigenvalue weighted by Gasteiger charge is -2.38. The molecular formula is C27H36N2O6. The van der Waals surface area contributed by atoms with Crippen LogP contribution in [-0.2, 0) is 38.2 Å². The summed E-state index contributed by atoms with van der Waals surface area (Å²) in [4.78, 5) is 17.3. The fourth-order valence-electron chi connectivity index (χ4n) is 3.94. The van der Waals surface area contributed by atoms with Gasteiger partial charge in [-0.1, -0.05) is 30.3 Å². The van der Waals surface area contributed by atoms with Crippen LogP contribution in [0.4, 0.5) is 0 Å². The van der Waals surface area contributed by atoms with E-state index in [0.29, 0.717) is 30.8 Å². The Balaban J connectivity index is 0.000000429. The third kappa shape index (κ3) is 5.34. The number of fused-ring (bicyclic) bond motifs is 3. The number of benzene rings is 2. The summed E-state index contributed by atoms with van der Waals surface area (Å²) in [5.74, 6) is -0.232. The number of esters is 1. The number of rotatable bonds is 6. The maximum absolute atomic E-state index is 12.6. The van der Waals surface area contributed by atoms with Gasteiger partial charge in [0, 0.05) is 45.9 Å². The van der Waals surface area contributed by atoms with Crippen molar-refractivity contribution in [2.45, 2.75) is 52.1 Å². The van der Waals surface area contributed by atoms with Gasteiger partial charge in [0.25, 0.3) is 0 Å². The number of hydrogen-bond donors (Lipinski definition) is 0. The summed E-state index contributed by atoms with van der Waals surface area (Å²) in [6.45, 7) is 7.77.